The number of hydrogen-bond acceptors (Lipinski definition) is 3. The standard InChI is InChI=1S/C18H35N3/c1-2-10-19-17-6-4-3-5-7-18(17)21-13-11-20(12-14-21)15-16-8-9-16/h16-19H,2-15H2,1H3. The fraction of sp³-hybridized carbons (Fsp3) is 1.00. The van der Waals surface area contributed by atoms with Gasteiger partial charge in [-0.15, -0.1) is 0 Å². The van der Waals surface area contributed by atoms with Crippen molar-refractivity contribution in [2.24, 2.45) is 5.92 Å². The van der Waals surface area contributed by atoms with Crippen molar-refractivity contribution >= 4 is 0 Å². The van der Waals surface area contributed by atoms with Crippen LogP contribution in [0.1, 0.15) is 58.3 Å². The third-order valence-corrected chi connectivity index (χ3v) is 5.73. The van der Waals surface area contributed by atoms with Crippen LogP contribution in [-0.2, 0) is 0 Å². The Hall–Kier alpha value is -0.120. The molecule has 122 valence electrons. The van der Waals surface area contributed by atoms with Gasteiger partial charge in [0.25, 0.3) is 0 Å². The first-order valence-electron chi connectivity index (χ1n) is 9.56. The molecule has 0 radical (unpaired) electrons. The lowest BCUT2D eigenvalue weighted by atomic mass is 10.00. The second-order valence-corrected chi connectivity index (χ2v) is 7.55. The van der Waals surface area contributed by atoms with Crippen molar-refractivity contribution in [2.45, 2.75) is 70.4 Å². The van der Waals surface area contributed by atoms with Gasteiger partial charge in [-0.05, 0) is 44.6 Å². The van der Waals surface area contributed by atoms with E-state index in [2.05, 4.69) is 22.0 Å². The van der Waals surface area contributed by atoms with Crippen LogP contribution in [0, 0.1) is 5.92 Å². The second kappa shape index (κ2) is 7.94. The van der Waals surface area contributed by atoms with Crippen molar-refractivity contribution in [3.8, 4) is 0 Å². The molecule has 1 heterocycles. The number of hydrogen-bond donors (Lipinski definition) is 1. The molecule has 2 atom stereocenters. The lowest BCUT2D eigenvalue weighted by molar-refractivity contribution is 0.0726. The minimum atomic E-state index is 0.752. The Balaban J connectivity index is 1.50. The molecule has 1 saturated heterocycles. The summed E-state index contributed by atoms with van der Waals surface area (Å²) in [6, 6.07) is 1.56. The smallest absolute Gasteiger partial charge is 0.0250 e. The molecule has 0 aromatic rings. The van der Waals surface area contributed by atoms with Gasteiger partial charge in [0.2, 0.25) is 0 Å². The van der Waals surface area contributed by atoms with Gasteiger partial charge in [0.05, 0.1) is 0 Å². The molecule has 3 nitrogen and oxygen atoms in total. The average molecular weight is 293 g/mol. The lowest BCUT2D eigenvalue weighted by Crippen LogP contribution is -2.56. The molecular weight excluding hydrogens is 258 g/mol. The van der Waals surface area contributed by atoms with E-state index in [9.17, 15) is 0 Å². The molecule has 0 bridgehead atoms. The Kier molecular flexibility index (Phi) is 5.96. The second-order valence-electron chi connectivity index (χ2n) is 7.55. The summed E-state index contributed by atoms with van der Waals surface area (Å²) in [6.45, 7) is 10.1. The summed E-state index contributed by atoms with van der Waals surface area (Å²) in [5.74, 6) is 1.05. The molecule has 21 heavy (non-hydrogen) atoms. The largest absolute Gasteiger partial charge is 0.312 e. The molecule has 0 spiro atoms. The van der Waals surface area contributed by atoms with Crippen molar-refractivity contribution < 1.29 is 0 Å². The molecule has 3 rings (SSSR count). The zero-order valence-corrected chi connectivity index (χ0v) is 14.0. The summed E-state index contributed by atoms with van der Waals surface area (Å²) >= 11 is 0. The van der Waals surface area contributed by atoms with E-state index in [0.29, 0.717) is 0 Å². The summed E-state index contributed by atoms with van der Waals surface area (Å²) in [4.78, 5) is 5.54. The summed E-state index contributed by atoms with van der Waals surface area (Å²) in [6.07, 6.45) is 11.4. The van der Waals surface area contributed by atoms with Gasteiger partial charge < -0.3 is 10.2 Å². The van der Waals surface area contributed by atoms with Crippen molar-refractivity contribution in [1.29, 1.82) is 0 Å². The van der Waals surface area contributed by atoms with Gasteiger partial charge in [0.1, 0.15) is 0 Å². The van der Waals surface area contributed by atoms with Crippen LogP contribution in [0.5, 0.6) is 0 Å². The van der Waals surface area contributed by atoms with Crippen LogP contribution in [0.4, 0.5) is 0 Å². The molecule has 2 saturated carbocycles. The molecule has 3 aliphatic rings. The van der Waals surface area contributed by atoms with E-state index in [1.807, 2.05) is 0 Å². The fourth-order valence-electron chi connectivity index (χ4n) is 4.24. The normalized spacial score (nSPS) is 33.0. The lowest BCUT2D eigenvalue weighted by Gasteiger charge is -2.42. The van der Waals surface area contributed by atoms with E-state index in [-0.39, 0.29) is 0 Å². The number of rotatable bonds is 6. The highest BCUT2D eigenvalue weighted by Crippen LogP contribution is 2.30. The van der Waals surface area contributed by atoms with Gasteiger partial charge in [-0.2, -0.15) is 0 Å². The van der Waals surface area contributed by atoms with Gasteiger partial charge in [-0.25, -0.2) is 0 Å². The molecule has 0 aromatic heterocycles. The molecule has 3 fully saturated rings. The first-order chi connectivity index (χ1) is 10.4. The van der Waals surface area contributed by atoms with Crippen LogP contribution in [0.2, 0.25) is 0 Å². The minimum absolute atomic E-state index is 0.752. The summed E-state index contributed by atoms with van der Waals surface area (Å²) < 4.78 is 0. The quantitative estimate of drug-likeness (QED) is 0.760. The molecule has 3 heteroatoms. The van der Waals surface area contributed by atoms with Gasteiger partial charge in [0.15, 0.2) is 0 Å². The van der Waals surface area contributed by atoms with Crippen molar-refractivity contribution in [2.75, 3.05) is 39.3 Å². The summed E-state index contributed by atoms with van der Waals surface area (Å²) in [7, 11) is 0. The highest BCUT2D eigenvalue weighted by molar-refractivity contribution is 4.90. The summed E-state index contributed by atoms with van der Waals surface area (Å²) in [5.41, 5.74) is 0. The highest BCUT2D eigenvalue weighted by Gasteiger charge is 2.32. The predicted octanol–water partition coefficient (Wildman–Crippen LogP) is 2.71. The van der Waals surface area contributed by atoms with E-state index in [1.54, 1.807) is 0 Å². The number of nitrogens with one attached hydrogen (secondary N) is 1. The maximum atomic E-state index is 3.86. The van der Waals surface area contributed by atoms with Crippen LogP contribution in [0.3, 0.4) is 0 Å². The van der Waals surface area contributed by atoms with Crippen LogP contribution in [-0.4, -0.2) is 61.2 Å². The molecule has 2 aliphatic carbocycles. The molecular formula is C18H35N3. The van der Waals surface area contributed by atoms with Crippen molar-refractivity contribution in [3.63, 3.8) is 0 Å². The summed E-state index contributed by atoms with van der Waals surface area (Å²) in [5, 5.41) is 3.86. The van der Waals surface area contributed by atoms with Gasteiger partial charge >= 0.3 is 0 Å². The molecule has 0 aromatic carbocycles. The van der Waals surface area contributed by atoms with E-state index in [0.717, 1.165) is 18.0 Å². The zero-order chi connectivity index (χ0) is 14.5. The number of piperazine rings is 1. The number of nitrogens with zero attached hydrogens (tertiary/aromatic N) is 2. The zero-order valence-electron chi connectivity index (χ0n) is 14.0. The van der Waals surface area contributed by atoms with E-state index in [4.69, 9.17) is 0 Å². The topological polar surface area (TPSA) is 18.5 Å². The third-order valence-electron chi connectivity index (χ3n) is 5.73. The Bertz CT molecular complexity index is 295. The van der Waals surface area contributed by atoms with Crippen molar-refractivity contribution in [1.82, 2.24) is 15.1 Å². The van der Waals surface area contributed by atoms with Crippen LogP contribution < -0.4 is 5.32 Å². The SMILES string of the molecule is CCCNC1CCCCCC1N1CCN(CC2CC2)CC1. The average Bonchev–Trinajstić information content (AvgIpc) is 3.33. The third kappa shape index (κ3) is 4.67. The molecule has 1 aliphatic heterocycles. The predicted molar refractivity (Wildman–Crippen MR) is 89.7 cm³/mol. The maximum absolute atomic E-state index is 3.86. The monoisotopic (exact) mass is 293 g/mol. The van der Waals surface area contributed by atoms with Gasteiger partial charge in [0, 0.05) is 44.8 Å². The van der Waals surface area contributed by atoms with Crippen LogP contribution >= 0.6 is 0 Å². The Morgan fingerprint density at radius 3 is 2.38 bits per heavy atom. The first kappa shape index (κ1) is 15.8. The molecule has 0 amide bonds. The van der Waals surface area contributed by atoms with Crippen LogP contribution in [0.25, 0.3) is 0 Å². The Morgan fingerprint density at radius 2 is 1.67 bits per heavy atom. The van der Waals surface area contributed by atoms with Crippen molar-refractivity contribution in [3.05, 3.63) is 0 Å². The Morgan fingerprint density at radius 1 is 0.905 bits per heavy atom. The van der Waals surface area contributed by atoms with Gasteiger partial charge in [-0.3, -0.25) is 4.90 Å². The molecule has 1 N–H and O–H groups in total. The first-order valence-corrected chi connectivity index (χ1v) is 9.56. The van der Waals surface area contributed by atoms with E-state index < -0.39 is 0 Å². The fourth-order valence-corrected chi connectivity index (χ4v) is 4.24. The van der Waals surface area contributed by atoms with Gasteiger partial charge in [-0.1, -0.05) is 26.2 Å². The highest BCUT2D eigenvalue weighted by atomic mass is 15.3. The van der Waals surface area contributed by atoms with Crippen LogP contribution in [0.15, 0.2) is 0 Å². The minimum Gasteiger partial charge on any atom is -0.312 e. The Labute approximate surface area is 131 Å². The maximum Gasteiger partial charge on any atom is 0.0250 e. The van der Waals surface area contributed by atoms with E-state index >= 15 is 0 Å². The van der Waals surface area contributed by atoms with E-state index in [1.165, 1.54) is 90.6 Å². The molecule has 2 unspecified atom stereocenters.